The number of aliphatic hydroxyl groups excluding tert-OH is 6. The fourth-order valence-electron chi connectivity index (χ4n) is 3.33. The summed E-state index contributed by atoms with van der Waals surface area (Å²) in [6.07, 6.45) is -15.6. The van der Waals surface area contributed by atoms with E-state index in [1.54, 1.807) is 0 Å². The van der Waals surface area contributed by atoms with Crippen molar-refractivity contribution in [3.05, 3.63) is 0 Å². The van der Waals surface area contributed by atoms with Crippen LogP contribution in [-0.2, 0) is 29.1 Å². The van der Waals surface area contributed by atoms with Gasteiger partial charge in [-0.1, -0.05) is 0 Å². The SMILES string of the molecule is CC(=O)N[C@H]1C(O)O[C@H](CO)[C@@H](O[C@@H]2O[C@H](CO)[C@H](O)[C@H](O)[C@H]2O)[C@@]1(O)S(=O)(=O)O. The molecule has 0 aromatic heterocycles. The second kappa shape index (κ2) is 9.23. The van der Waals surface area contributed by atoms with Crippen LogP contribution in [0, 0.1) is 0 Å². The fourth-order valence-corrected chi connectivity index (χ4v) is 4.32. The molecule has 0 aromatic carbocycles. The van der Waals surface area contributed by atoms with Gasteiger partial charge in [-0.3, -0.25) is 9.35 Å². The van der Waals surface area contributed by atoms with Crippen molar-refractivity contribution in [2.75, 3.05) is 13.2 Å². The van der Waals surface area contributed by atoms with Crippen molar-refractivity contribution < 1.29 is 67.7 Å². The van der Waals surface area contributed by atoms with Crippen LogP contribution in [0.4, 0.5) is 0 Å². The average molecular weight is 463 g/mol. The molecule has 0 aliphatic carbocycles. The molecule has 1 amide bonds. The molecule has 1 unspecified atom stereocenters. The Balaban J connectivity index is 2.48. The zero-order valence-corrected chi connectivity index (χ0v) is 16.4. The van der Waals surface area contributed by atoms with E-state index in [1.807, 2.05) is 5.32 Å². The zero-order chi connectivity index (χ0) is 23.0. The van der Waals surface area contributed by atoms with Crippen LogP contribution in [0.2, 0.25) is 0 Å². The number of amides is 1. The third kappa shape index (κ3) is 4.45. The van der Waals surface area contributed by atoms with Gasteiger partial charge in [0.25, 0.3) is 10.1 Å². The minimum atomic E-state index is -5.59. The van der Waals surface area contributed by atoms with Gasteiger partial charge in [0, 0.05) is 6.92 Å². The number of nitrogens with one attached hydrogen (secondary N) is 1. The highest BCUT2D eigenvalue weighted by Crippen LogP contribution is 2.37. The van der Waals surface area contributed by atoms with Crippen molar-refractivity contribution in [1.82, 2.24) is 5.32 Å². The first-order chi connectivity index (χ1) is 13.8. The summed E-state index contributed by atoms with van der Waals surface area (Å²) in [6, 6.07) is -2.22. The summed E-state index contributed by atoms with van der Waals surface area (Å²) in [4.78, 5) is 7.90. The van der Waals surface area contributed by atoms with E-state index in [0.717, 1.165) is 6.92 Å². The largest absolute Gasteiger partial charge is 0.394 e. The molecule has 10 atom stereocenters. The van der Waals surface area contributed by atoms with Crippen LogP contribution in [0.25, 0.3) is 0 Å². The third-order valence-electron chi connectivity index (χ3n) is 4.87. The van der Waals surface area contributed by atoms with Crippen LogP contribution in [0.3, 0.4) is 0 Å². The number of ether oxygens (including phenoxy) is 3. The number of carbonyl (C=O) groups excluding carboxylic acids is 1. The van der Waals surface area contributed by atoms with Crippen molar-refractivity contribution in [1.29, 1.82) is 0 Å². The van der Waals surface area contributed by atoms with Gasteiger partial charge in [-0.15, -0.1) is 0 Å². The summed E-state index contributed by atoms with van der Waals surface area (Å²) in [6.45, 7) is -1.03. The predicted molar refractivity (Wildman–Crippen MR) is 90.7 cm³/mol. The van der Waals surface area contributed by atoms with Gasteiger partial charge < -0.3 is 55.3 Å². The highest BCUT2D eigenvalue weighted by atomic mass is 32.2. The summed E-state index contributed by atoms with van der Waals surface area (Å²) in [7, 11) is -5.59. The molecule has 0 bridgehead atoms. The molecule has 30 heavy (non-hydrogen) atoms. The topological polar surface area (TPSA) is 253 Å². The molecular formula is C14H25NO14S. The van der Waals surface area contributed by atoms with Crippen LogP contribution >= 0.6 is 0 Å². The van der Waals surface area contributed by atoms with E-state index in [9.17, 15) is 53.5 Å². The molecule has 15 nitrogen and oxygen atoms in total. The van der Waals surface area contributed by atoms with Crippen molar-refractivity contribution in [2.45, 2.75) is 67.1 Å². The van der Waals surface area contributed by atoms with Crippen LogP contribution < -0.4 is 5.32 Å². The molecule has 2 aliphatic rings. The molecule has 2 rings (SSSR count). The second-order valence-corrected chi connectivity index (χ2v) is 8.51. The Morgan fingerprint density at radius 3 is 2.07 bits per heavy atom. The smallest absolute Gasteiger partial charge is 0.300 e. The molecule has 2 saturated heterocycles. The number of hydrogen-bond acceptors (Lipinski definition) is 13. The summed E-state index contributed by atoms with van der Waals surface area (Å²) in [5, 5.41) is 71.3. The number of hydrogen-bond donors (Lipinski definition) is 9. The zero-order valence-electron chi connectivity index (χ0n) is 15.5. The highest BCUT2D eigenvalue weighted by Gasteiger charge is 2.65. The number of aliphatic hydroxyl groups is 7. The van der Waals surface area contributed by atoms with Crippen molar-refractivity contribution >= 4 is 16.0 Å². The second-order valence-electron chi connectivity index (χ2n) is 6.91. The molecule has 2 heterocycles. The summed E-state index contributed by atoms with van der Waals surface area (Å²) >= 11 is 0. The van der Waals surface area contributed by atoms with E-state index >= 15 is 0 Å². The minimum Gasteiger partial charge on any atom is -0.394 e. The third-order valence-corrected chi connectivity index (χ3v) is 6.18. The molecule has 0 radical (unpaired) electrons. The maximum Gasteiger partial charge on any atom is 0.300 e. The summed E-state index contributed by atoms with van der Waals surface area (Å²) in [5.41, 5.74) is 0. The van der Waals surface area contributed by atoms with E-state index in [-0.39, 0.29) is 0 Å². The van der Waals surface area contributed by atoms with Crippen LogP contribution in [-0.4, -0.2) is 128 Å². The normalized spacial score (nSPS) is 45.2. The van der Waals surface area contributed by atoms with Gasteiger partial charge in [0.1, 0.15) is 42.7 Å². The Hall–Kier alpha value is -1.02. The molecule has 16 heteroatoms. The van der Waals surface area contributed by atoms with E-state index in [4.69, 9.17) is 14.2 Å². The molecule has 0 aromatic rings. The van der Waals surface area contributed by atoms with E-state index in [2.05, 4.69) is 0 Å². The van der Waals surface area contributed by atoms with Gasteiger partial charge in [-0.2, -0.15) is 8.42 Å². The van der Waals surface area contributed by atoms with Gasteiger partial charge in [0.2, 0.25) is 10.8 Å². The lowest BCUT2D eigenvalue weighted by Gasteiger charge is -2.50. The molecule has 0 saturated carbocycles. The van der Waals surface area contributed by atoms with Crippen LogP contribution in [0.15, 0.2) is 0 Å². The number of carbonyl (C=O) groups is 1. The first-order valence-electron chi connectivity index (χ1n) is 8.66. The molecule has 176 valence electrons. The highest BCUT2D eigenvalue weighted by molar-refractivity contribution is 7.87. The molecule has 9 N–H and O–H groups in total. The minimum absolute atomic E-state index is 0.856. The standard InChI is InChI=1S/C14H25NO14S/c1-4(18)15-10-12(22)27-6(3-17)11(14(10,23)30(24,25)26)29-13-9(21)8(20)7(19)5(2-16)28-13/h5-13,16-17,19-23H,2-3H2,1H3,(H,15,18)(H,24,25,26)/t5-,6-,7+,8+,9-,10+,11-,12?,13+,14+/m1/s1. The monoisotopic (exact) mass is 463 g/mol. The van der Waals surface area contributed by atoms with Gasteiger partial charge in [0.05, 0.1) is 13.2 Å². The van der Waals surface area contributed by atoms with E-state index in [0.29, 0.717) is 0 Å². The van der Waals surface area contributed by atoms with Crippen LogP contribution in [0.5, 0.6) is 0 Å². The molecule has 0 spiro atoms. The maximum absolute atomic E-state index is 12.1. The van der Waals surface area contributed by atoms with Gasteiger partial charge in [-0.05, 0) is 0 Å². The van der Waals surface area contributed by atoms with Crippen molar-refractivity contribution in [3.63, 3.8) is 0 Å². The Bertz CT molecular complexity index is 717. The Labute approximate surface area is 170 Å². The summed E-state index contributed by atoms with van der Waals surface area (Å²) < 4.78 is 49.1. The van der Waals surface area contributed by atoms with Gasteiger partial charge >= 0.3 is 0 Å². The van der Waals surface area contributed by atoms with E-state index in [1.165, 1.54) is 0 Å². The number of rotatable bonds is 6. The summed E-state index contributed by atoms with van der Waals surface area (Å²) in [5.74, 6) is -0.946. The first kappa shape index (κ1) is 25.2. The van der Waals surface area contributed by atoms with Crippen LogP contribution in [0.1, 0.15) is 6.92 Å². The van der Waals surface area contributed by atoms with Gasteiger partial charge in [-0.25, -0.2) is 0 Å². The van der Waals surface area contributed by atoms with Crippen molar-refractivity contribution in [2.24, 2.45) is 0 Å². The predicted octanol–water partition coefficient (Wildman–Crippen LogP) is -6.04. The van der Waals surface area contributed by atoms with Crippen molar-refractivity contribution in [3.8, 4) is 0 Å². The maximum atomic E-state index is 12.1. The van der Waals surface area contributed by atoms with Gasteiger partial charge in [0.15, 0.2) is 12.6 Å². The Morgan fingerprint density at radius 2 is 1.60 bits per heavy atom. The quantitative estimate of drug-likeness (QED) is 0.166. The first-order valence-corrected chi connectivity index (χ1v) is 10.1. The fraction of sp³-hybridized carbons (Fsp3) is 0.929. The molecular weight excluding hydrogens is 438 g/mol. The lowest BCUT2D eigenvalue weighted by Crippen LogP contribution is -2.75. The lowest BCUT2D eigenvalue weighted by molar-refractivity contribution is -0.351. The lowest BCUT2D eigenvalue weighted by atomic mass is 9.94. The average Bonchev–Trinajstić information content (AvgIpc) is 2.65. The molecule has 2 fully saturated rings. The molecule has 2 aliphatic heterocycles. The van der Waals surface area contributed by atoms with E-state index < -0.39 is 89.4 Å². The Kier molecular flexibility index (Phi) is 7.76. The Morgan fingerprint density at radius 1 is 1.03 bits per heavy atom.